The molecule has 0 saturated heterocycles. The lowest BCUT2D eigenvalue weighted by Crippen LogP contribution is -2.53. The number of rotatable bonds is 8. The molecule has 1 aromatic carbocycles. The lowest BCUT2D eigenvalue weighted by molar-refractivity contribution is -0.150. The Morgan fingerprint density at radius 2 is 2.09 bits per heavy atom. The molecule has 1 rings (SSSR count). The van der Waals surface area contributed by atoms with Gasteiger partial charge in [0.25, 0.3) is 0 Å². The van der Waals surface area contributed by atoms with Gasteiger partial charge in [-0.1, -0.05) is 43.2 Å². The topological polar surface area (TPSA) is 55.4 Å². The van der Waals surface area contributed by atoms with E-state index in [1.165, 1.54) is 30.0 Å². The van der Waals surface area contributed by atoms with E-state index in [0.717, 1.165) is 12.2 Å². The molecule has 0 radical (unpaired) electrons. The van der Waals surface area contributed by atoms with Gasteiger partial charge in [0.05, 0.1) is 12.9 Å². The van der Waals surface area contributed by atoms with E-state index < -0.39 is 11.5 Å². The first-order valence-corrected chi connectivity index (χ1v) is 8.59. The SMILES string of the molecule is CCCC(C)(NC(=O)CSCc1cccc(C)c1)C(=O)OC. The van der Waals surface area contributed by atoms with Crippen LogP contribution < -0.4 is 5.32 Å². The number of ether oxygens (including phenoxy) is 1. The second-order valence-corrected chi connectivity index (χ2v) is 6.59. The molecule has 1 amide bonds. The third-order valence-electron chi connectivity index (χ3n) is 3.39. The molecule has 0 bridgehead atoms. The maximum atomic E-state index is 12.1. The van der Waals surface area contributed by atoms with Crippen LogP contribution in [0, 0.1) is 6.92 Å². The predicted molar refractivity (Wildman–Crippen MR) is 90.8 cm³/mol. The highest BCUT2D eigenvalue weighted by molar-refractivity contribution is 7.99. The zero-order chi connectivity index (χ0) is 16.6. The van der Waals surface area contributed by atoms with Crippen molar-refractivity contribution in [1.82, 2.24) is 5.32 Å². The fourth-order valence-corrected chi connectivity index (χ4v) is 3.12. The molecular formula is C17H25NO3S. The molecule has 0 aliphatic rings. The molecule has 0 fully saturated rings. The van der Waals surface area contributed by atoms with E-state index in [-0.39, 0.29) is 5.91 Å². The Bertz CT molecular complexity index is 518. The van der Waals surface area contributed by atoms with E-state index in [4.69, 9.17) is 4.74 Å². The van der Waals surface area contributed by atoms with Crippen molar-refractivity contribution >= 4 is 23.6 Å². The molecule has 1 atom stereocenters. The number of thioether (sulfide) groups is 1. The van der Waals surface area contributed by atoms with Gasteiger partial charge in [-0.05, 0) is 25.8 Å². The Morgan fingerprint density at radius 3 is 2.68 bits per heavy atom. The average molecular weight is 323 g/mol. The number of amides is 1. The van der Waals surface area contributed by atoms with Gasteiger partial charge in [-0.15, -0.1) is 11.8 Å². The van der Waals surface area contributed by atoms with Crippen LogP contribution in [0.25, 0.3) is 0 Å². The highest BCUT2D eigenvalue weighted by Gasteiger charge is 2.34. The number of hydrogen-bond acceptors (Lipinski definition) is 4. The van der Waals surface area contributed by atoms with Crippen molar-refractivity contribution < 1.29 is 14.3 Å². The quantitative estimate of drug-likeness (QED) is 0.747. The van der Waals surface area contributed by atoms with Gasteiger partial charge < -0.3 is 10.1 Å². The zero-order valence-electron chi connectivity index (χ0n) is 13.8. The van der Waals surface area contributed by atoms with E-state index in [2.05, 4.69) is 11.4 Å². The molecule has 1 aromatic rings. The van der Waals surface area contributed by atoms with Crippen LogP contribution in [0.1, 0.15) is 37.8 Å². The second-order valence-electron chi connectivity index (χ2n) is 5.60. The third-order valence-corrected chi connectivity index (χ3v) is 4.39. The number of aryl methyl sites for hydroxylation is 1. The van der Waals surface area contributed by atoms with Crippen LogP contribution in [0.15, 0.2) is 24.3 Å². The monoisotopic (exact) mass is 323 g/mol. The van der Waals surface area contributed by atoms with Crippen molar-refractivity contribution in [3.63, 3.8) is 0 Å². The summed E-state index contributed by atoms with van der Waals surface area (Å²) in [7, 11) is 1.34. The number of carbonyl (C=O) groups is 2. The largest absolute Gasteiger partial charge is 0.467 e. The number of carbonyl (C=O) groups excluding carboxylic acids is 2. The molecule has 0 aliphatic heterocycles. The molecule has 1 N–H and O–H groups in total. The van der Waals surface area contributed by atoms with E-state index in [1.807, 2.05) is 32.0 Å². The van der Waals surface area contributed by atoms with Crippen molar-refractivity contribution in [3.8, 4) is 0 Å². The standard InChI is InChI=1S/C17H25NO3S/c1-5-9-17(3,16(20)21-4)18-15(19)12-22-11-14-8-6-7-13(2)10-14/h6-8,10H,5,9,11-12H2,1-4H3,(H,18,19). The van der Waals surface area contributed by atoms with Crippen LogP contribution in [0.5, 0.6) is 0 Å². The van der Waals surface area contributed by atoms with E-state index in [1.54, 1.807) is 6.92 Å². The molecule has 0 saturated carbocycles. The molecule has 0 heterocycles. The molecule has 0 aliphatic carbocycles. The fraction of sp³-hybridized carbons (Fsp3) is 0.529. The van der Waals surface area contributed by atoms with Crippen LogP contribution in [-0.2, 0) is 20.1 Å². The van der Waals surface area contributed by atoms with Crippen molar-refractivity contribution in [3.05, 3.63) is 35.4 Å². The molecule has 0 spiro atoms. The summed E-state index contributed by atoms with van der Waals surface area (Å²) in [4.78, 5) is 23.9. The summed E-state index contributed by atoms with van der Waals surface area (Å²) in [6.45, 7) is 5.73. The predicted octanol–water partition coefficient (Wildman–Crippen LogP) is 3.08. The Labute approximate surface area is 137 Å². The Morgan fingerprint density at radius 1 is 1.36 bits per heavy atom. The van der Waals surface area contributed by atoms with Crippen molar-refractivity contribution in [1.29, 1.82) is 0 Å². The third kappa shape index (κ3) is 5.72. The average Bonchev–Trinajstić information content (AvgIpc) is 2.46. The molecule has 5 heteroatoms. The van der Waals surface area contributed by atoms with Gasteiger partial charge in [-0.25, -0.2) is 4.79 Å². The number of methoxy groups -OCH3 is 1. The van der Waals surface area contributed by atoms with E-state index in [0.29, 0.717) is 12.2 Å². The Balaban J connectivity index is 2.49. The minimum Gasteiger partial charge on any atom is -0.467 e. The van der Waals surface area contributed by atoms with Gasteiger partial charge >= 0.3 is 5.97 Å². The fourth-order valence-electron chi connectivity index (χ4n) is 2.35. The summed E-state index contributed by atoms with van der Waals surface area (Å²) in [6.07, 6.45) is 1.36. The van der Waals surface area contributed by atoms with Crippen LogP contribution in [-0.4, -0.2) is 30.3 Å². The van der Waals surface area contributed by atoms with Gasteiger partial charge in [-0.3, -0.25) is 4.79 Å². The summed E-state index contributed by atoms with van der Waals surface area (Å²) in [5, 5.41) is 2.81. The molecule has 1 unspecified atom stereocenters. The van der Waals surface area contributed by atoms with Gasteiger partial charge in [0.15, 0.2) is 0 Å². The lowest BCUT2D eigenvalue weighted by atomic mass is 9.96. The van der Waals surface area contributed by atoms with Gasteiger partial charge in [0.1, 0.15) is 5.54 Å². The number of benzene rings is 1. The lowest BCUT2D eigenvalue weighted by Gasteiger charge is -2.27. The number of hydrogen-bond donors (Lipinski definition) is 1. The van der Waals surface area contributed by atoms with Gasteiger partial charge in [-0.2, -0.15) is 0 Å². The Kier molecular flexibility index (Phi) is 7.45. The summed E-state index contributed by atoms with van der Waals surface area (Å²) < 4.78 is 4.80. The molecule has 4 nitrogen and oxygen atoms in total. The van der Waals surface area contributed by atoms with Crippen LogP contribution in [0.3, 0.4) is 0 Å². The zero-order valence-corrected chi connectivity index (χ0v) is 14.6. The van der Waals surface area contributed by atoms with Gasteiger partial charge in [0, 0.05) is 5.75 Å². The molecule has 22 heavy (non-hydrogen) atoms. The van der Waals surface area contributed by atoms with Crippen LogP contribution in [0.2, 0.25) is 0 Å². The van der Waals surface area contributed by atoms with Gasteiger partial charge in [0.2, 0.25) is 5.91 Å². The molecule has 0 aromatic heterocycles. The number of nitrogens with one attached hydrogen (secondary N) is 1. The summed E-state index contributed by atoms with van der Waals surface area (Å²) in [5.41, 5.74) is 1.47. The normalized spacial score (nSPS) is 13.3. The highest BCUT2D eigenvalue weighted by atomic mass is 32.2. The maximum absolute atomic E-state index is 12.1. The summed E-state index contributed by atoms with van der Waals surface area (Å²) >= 11 is 1.54. The highest BCUT2D eigenvalue weighted by Crippen LogP contribution is 2.17. The Hall–Kier alpha value is -1.49. The first kappa shape index (κ1) is 18.6. The summed E-state index contributed by atoms with van der Waals surface area (Å²) in [6, 6.07) is 8.22. The first-order chi connectivity index (χ1) is 10.4. The van der Waals surface area contributed by atoms with Crippen LogP contribution >= 0.6 is 11.8 Å². The van der Waals surface area contributed by atoms with Crippen molar-refractivity contribution in [2.24, 2.45) is 0 Å². The molecule has 122 valence electrons. The van der Waals surface area contributed by atoms with E-state index >= 15 is 0 Å². The minimum atomic E-state index is -0.940. The number of esters is 1. The molecular weight excluding hydrogens is 298 g/mol. The minimum absolute atomic E-state index is 0.140. The first-order valence-electron chi connectivity index (χ1n) is 7.44. The summed E-state index contributed by atoms with van der Waals surface area (Å²) in [5.74, 6) is 0.563. The second kappa shape index (κ2) is 8.83. The smallest absolute Gasteiger partial charge is 0.331 e. The van der Waals surface area contributed by atoms with Crippen LogP contribution in [0.4, 0.5) is 0 Å². The maximum Gasteiger partial charge on any atom is 0.331 e. The van der Waals surface area contributed by atoms with Crippen molar-refractivity contribution in [2.45, 2.75) is 44.9 Å². The van der Waals surface area contributed by atoms with E-state index in [9.17, 15) is 9.59 Å². The van der Waals surface area contributed by atoms with Crippen molar-refractivity contribution in [2.75, 3.05) is 12.9 Å².